The van der Waals surface area contributed by atoms with E-state index in [-0.39, 0.29) is 0 Å². The number of sulfone groups is 1. The predicted molar refractivity (Wildman–Crippen MR) is 66.9 cm³/mol. The third-order valence-corrected chi connectivity index (χ3v) is 5.05. The minimum Gasteiger partial charge on any atom is -0.377 e. The normalized spacial score (nSPS) is 29.5. The second-order valence-electron chi connectivity index (χ2n) is 4.83. The van der Waals surface area contributed by atoms with Crippen LogP contribution in [0.15, 0.2) is 0 Å². The van der Waals surface area contributed by atoms with Gasteiger partial charge in [-0.05, 0) is 12.8 Å². The summed E-state index contributed by atoms with van der Waals surface area (Å²) in [5.41, 5.74) is 0. The minimum atomic E-state index is -2.74. The van der Waals surface area contributed by atoms with Crippen LogP contribution in [0.2, 0.25) is 0 Å². The van der Waals surface area contributed by atoms with E-state index in [2.05, 4.69) is 10.2 Å². The van der Waals surface area contributed by atoms with Crippen LogP contribution < -0.4 is 5.32 Å². The number of nitrogens with one attached hydrogen (secondary N) is 1. The van der Waals surface area contributed by atoms with E-state index >= 15 is 0 Å². The fraction of sp³-hybridized carbons (Fsp3) is 1.00. The van der Waals surface area contributed by atoms with Gasteiger partial charge in [0.05, 0.1) is 17.6 Å². The van der Waals surface area contributed by atoms with Crippen LogP contribution in [0, 0.1) is 0 Å². The molecule has 0 spiro atoms. The fourth-order valence-corrected chi connectivity index (χ4v) is 3.56. The van der Waals surface area contributed by atoms with Crippen molar-refractivity contribution in [2.24, 2.45) is 0 Å². The topological polar surface area (TPSA) is 58.6 Å². The fourth-order valence-electron chi connectivity index (χ4n) is 2.28. The van der Waals surface area contributed by atoms with E-state index in [9.17, 15) is 8.42 Å². The first-order chi connectivity index (χ1) is 8.16. The second kappa shape index (κ2) is 6.13. The summed E-state index contributed by atoms with van der Waals surface area (Å²) in [4.78, 5) is 2.21. The van der Waals surface area contributed by atoms with E-state index < -0.39 is 9.84 Å². The highest BCUT2D eigenvalue weighted by molar-refractivity contribution is 7.91. The Labute approximate surface area is 103 Å². The van der Waals surface area contributed by atoms with Gasteiger partial charge in [0.25, 0.3) is 0 Å². The van der Waals surface area contributed by atoms with Crippen LogP contribution in [0.1, 0.15) is 12.8 Å². The number of nitrogens with zero attached hydrogens (tertiary/aromatic N) is 1. The second-order valence-corrected chi connectivity index (χ2v) is 7.14. The molecule has 2 aliphatic rings. The van der Waals surface area contributed by atoms with Crippen molar-refractivity contribution in [2.75, 3.05) is 50.8 Å². The summed E-state index contributed by atoms with van der Waals surface area (Å²) >= 11 is 0. The standard InChI is InChI=1S/C11H22N2O3S/c14-17(15)8-5-13(6-9-17)4-3-12-10-11-2-1-7-16-11/h11-12H,1-10H2. The van der Waals surface area contributed by atoms with Crippen LogP contribution >= 0.6 is 0 Å². The molecule has 6 heteroatoms. The van der Waals surface area contributed by atoms with E-state index in [4.69, 9.17) is 4.74 Å². The van der Waals surface area contributed by atoms with Crippen molar-refractivity contribution in [3.8, 4) is 0 Å². The van der Waals surface area contributed by atoms with E-state index in [1.807, 2.05) is 0 Å². The molecule has 2 rings (SSSR count). The van der Waals surface area contributed by atoms with Crippen molar-refractivity contribution in [3.05, 3.63) is 0 Å². The maximum absolute atomic E-state index is 11.2. The maximum Gasteiger partial charge on any atom is 0.152 e. The highest BCUT2D eigenvalue weighted by Crippen LogP contribution is 2.10. The molecule has 1 atom stereocenters. The van der Waals surface area contributed by atoms with Gasteiger partial charge in [0, 0.05) is 39.3 Å². The SMILES string of the molecule is O=S1(=O)CCN(CCNCC2CCCO2)CC1. The van der Waals surface area contributed by atoms with Gasteiger partial charge in [-0.25, -0.2) is 8.42 Å². The van der Waals surface area contributed by atoms with Crippen LogP contribution in [0.3, 0.4) is 0 Å². The molecule has 2 fully saturated rings. The summed E-state index contributed by atoms with van der Waals surface area (Å²) < 4.78 is 28.0. The molecule has 100 valence electrons. The molecular formula is C11H22N2O3S. The van der Waals surface area contributed by atoms with Gasteiger partial charge in [0.2, 0.25) is 0 Å². The predicted octanol–water partition coefficient (Wildman–Crippen LogP) is -0.515. The van der Waals surface area contributed by atoms with Gasteiger partial charge in [-0.3, -0.25) is 0 Å². The number of hydrogen-bond donors (Lipinski definition) is 1. The maximum atomic E-state index is 11.2. The molecular weight excluding hydrogens is 240 g/mol. The molecule has 2 heterocycles. The largest absolute Gasteiger partial charge is 0.377 e. The Hall–Kier alpha value is -0.170. The Morgan fingerprint density at radius 3 is 2.71 bits per heavy atom. The zero-order valence-corrected chi connectivity index (χ0v) is 11.0. The quantitative estimate of drug-likeness (QED) is 0.676. The highest BCUT2D eigenvalue weighted by atomic mass is 32.2. The van der Waals surface area contributed by atoms with Gasteiger partial charge in [0.15, 0.2) is 9.84 Å². The van der Waals surface area contributed by atoms with E-state index in [1.165, 1.54) is 6.42 Å². The molecule has 0 aliphatic carbocycles. The Balaban J connectivity index is 1.53. The van der Waals surface area contributed by atoms with E-state index in [0.29, 0.717) is 30.7 Å². The number of ether oxygens (including phenoxy) is 1. The van der Waals surface area contributed by atoms with E-state index in [1.54, 1.807) is 0 Å². The molecule has 0 amide bonds. The Morgan fingerprint density at radius 1 is 1.29 bits per heavy atom. The van der Waals surface area contributed by atoms with Crippen LogP contribution in [0.25, 0.3) is 0 Å². The summed E-state index contributed by atoms with van der Waals surface area (Å²) in [6.07, 6.45) is 2.72. The number of hydrogen-bond acceptors (Lipinski definition) is 5. The van der Waals surface area contributed by atoms with Gasteiger partial charge in [-0.2, -0.15) is 0 Å². The first-order valence-corrected chi connectivity index (χ1v) is 8.23. The zero-order chi connectivity index (χ0) is 12.1. The average Bonchev–Trinajstić information content (AvgIpc) is 2.79. The molecule has 0 radical (unpaired) electrons. The van der Waals surface area contributed by atoms with Crippen molar-refractivity contribution < 1.29 is 13.2 Å². The van der Waals surface area contributed by atoms with Gasteiger partial charge >= 0.3 is 0 Å². The molecule has 1 N–H and O–H groups in total. The van der Waals surface area contributed by atoms with Crippen LogP contribution in [-0.2, 0) is 14.6 Å². The number of rotatable bonds is 5. The zero-order valence-electron chi connectivity index (χ0n) is 10.2. The summed E-state index contributed by atoms with van der Waals surface area (Å²) in [6.45, 7) is 5.04. The van der Waals surface area contributed by atoms with Crippen molar-refractivity contribution >= 4 is 9.84 Å². The Bertz CT molecular complexity index is 312. The summed E-state index contributed by atoms with van der Waals surface area (Å²) in [7, 11) is -2.74. The van der Waals surface area contributed by atoms with Crippen LogP contribution in [0.4, 0.5) is 0 Å². The summed E-state index contributed by atoms with van der Waals surface area (Å²) in [5.74, 6) is 0.636. The smallest absolute Gasteiger partial charge is 0.152 e. The lowest BCUT2D eigenvalue weighted by molar-refractivity contribution is 0.109. The molecule has 17 heavy (non-hydrogen) atoms. The van der Waals surface area contributed by atoms with Gasteiger partial charge in [0.1, 0.15) is 0 Å². The molecule has 0 saturated carbocycles. The van der Waals surface area contributed by atoms with Crippen LogP contribution in [-0.4, -0.2) is 70.3 Å². The Morgan fingerprint density at radius 2 is 2.06 bits per heavy atom. The summed E-state index contributed by atoms with van der Waals surface area (Å²) in [5, 5.41) is 3.38. The van der Waals surface area contributed by atoms with Gasteiger partial charge in [-0.1, -0.05) is 0 Å². The third-order valence-electron chi connectivity index (χ3n) is 3.44. The molecule has 0 aromatic carbocycles. The lowest BCUT2D eigenvalue weighted by atomic mass is 10.2. The monoisotopic (exact) mass is 262 g/mol. The van der Waals surface area contributed by atoms with Crippen LogP contribution in [0.5, 0.6) is 0 Å². The van der Waals surface area contributed by atoms with Gasteiger partial charge in [-0.15, -0.1) is 0 Å². The first-order valence-electron chi connectivity index (χ1n) is 6.41. The molecule has 2 aliphatic heterocycles. The molecule has 1 unspecified atom stereocenters. The van der Waals surface area contributed by atoms with Crippen molar-refractivity contribution in [1.29, 1.82) is 0 Å². The molecule has 0 bridgehead atoms. The molecule has 0 aromatic rings. The first kappa shape index (κ1) is 13.3. The van der Waals surface area contributed by atoms with Gasteiger partial charge < -0.3 is 15.0 Å². The van der Waals surface area contributed by atoms with E-state index in [0.717, 1.165) is 32.7 Å². The molecule has 5 nitrogen and oxygen atoms in total. The lowest BCUT2D eigenvalue weighted by Crippen LogP contribution is -2.43. The highest BCUT2D eigenvalue weighted by Gasteiger charge is 2.21. The molecule has 2 saturated heterocycles. The lowest BCUT2D eigenvalue weighted by Gasteiger charge is -2.26. The van der Waals surface area contributed by atoms with Crippen molar-refractivity contribution in [3.63, 3.8) is 0 Å². The Kier molecular flexibility index (Phi) is 4.78. The minimum absolute atomic E-state index is 0.318. The van der Waals surface area contributed by atoms with Crippen molar-refractivity contribution in [1.82, 2.24) is 10.2 Å². The summed E-state index contributed by atoms with van der Waals surface area (Å²) in [6, 6.07) is 0. The third kappa shape index (κ3) is 4.54. The average molecular weight is 262 g/mol. The molecule has 0 aromatic heterocycles. The van der Waals surface area contributed by atoms with Crippen molar-refractivity contribution in [2.45, 2.75) is 18.9 Å².